The van der Waals surface area contributed by atoms with Gasteiger partial charge in [0.25, 0.3) is 0 Å². The van der Waals surface area contributed by atoms with Crippen molar-refractivity contribution in [3.05, 3.63) is 111 Å². The van der Waals surface area contributed by atoms with E-state index in [2.05, 4.69) is 71.7 Å². The topological polar surface area (TPSA) is 98.7 Å². The van der Waals surface area contributed by atoms with Gasteiger partial charge in [-0.2, -0.15) is 0 Å². The lowest BCUT2D eigenvalue weighted by Gasteiger charge is -2.14. The summed E-state index contributed by atoms with van der Waals surface area (Å²) < 4.78 is 29.6. The maximum Gasteiger partial charge on any atom is 0.337 e. The fourth-order valence-electron chi connectivity index (χ4n) is 3.50. The second kappa shape index (κ2) is 13.9. The molecule has 0 aromatic heterocycles. The summed E-state index contributed by atoms with van der Waals surface area (Å²) in [7, 11) is 0. The molecule has 0 saturated heterocycles. The molecule has 4 aromatic carbocycles. The van der Waals surface area contributed by atoms with Crippen LogP contribution < -0.4 is 10.6 Å². The van der Waals surface area contributed by atoms with Crippen LogP contribution in [0.3, 0.4) is 0 Å². The minimum atomic E-state index is -1.35. The molecule has 0 atom stereocenters. The first-order valence-corrected chi connectivity index (χ1v) is 14.6. The van der Waals surface area contributed by atoms with Gasteiger partial charge in [0.15, 0.2) is 11.6 Å². The number of halogens is 6. The van der Waals surface area contributed by atoms with Gasteiger partial charge in [0, 0.05) is 23.5 Å². The molecule has 0 amide bonds. The molecule has 0 spiro atoms. The van der Waals surface area contributed by atoms with E-state index in [9.17, 15) is 23.5 Å². The Hall–Kier alpha value is -2.49. The Morgan fingerprint density at radius 2 is 1.25 bits per heavy atom. The Labute approximate surface area is 269 Å². The molecule has 4 N–H and O–H groups in total. The summed E-state index contributed by atoms with van der Waals surface area (Å²) >= 11 is 13.0. The maximum atomic E-state index is 14.0. The Kier molecular flexibility index (Phi) is 11.1. The number of benzene rings is 4. The number of aromatic carboxylic acids is 2. The third kappa shape index (κ3) is 8.04. The van der Waals surface area contributed by atoms with E-state index in [-0.39, 0.29) is 15.6 Å². The minimum Gasteiger partial charge on any atom is -0.478 e. The summed E-state index contributed by atoms with van der Waals surface area (Å²) in [5.41, 5.74) is 3.18. The molecule has 4 aromatic rings. The zero-order valence-electron chi connectivity index (χ0n) is 20.8. The van der Waals surface area contributed by atoms with Crippen molar-refractivity contribution in [3.8, 4) is 0 Å². The van der Waals surface area contributed by atoms with Crippen molar-refractivity contribution in [1.82, 2.24) is 0 Å². The van der Waals surface area contributed by atoms with E-state index < -0.39 is 29.3 Å². The molecule has 4 rings (SSSR count). The molecule has 0 radical (unpaired) electrons. The van der Waals surface area contributed by atoms with Crippen LogP contribution in [0, 0.1) is 32.6 Å². The van der Waals surface area contributed by atoms with Crippen molar-refractivity contribution >= 4 is 107 Å². The average molecular weight is 856 g/mol. The summed E-state index contributed by atoms with van der Waals surface area (Å²) in [6.07, 6.45) is 0. The quantitative estimate of drug-likeness (QED) is 0.114. The van der Waals surface area contributed by atoms with Gasteiger partial charge in [0.2, 0.25) is 0 Å². The van der Waals surface area contributed by atoms with E-state index in [1.54, 1.807) is 31.2 Å². The van der Waals surface area contributed by atoms with Gasteiger partial charge in [0.1, 0.15) is 0 Å². The van der Waals surface area contributed by atoms with Crippen molar-refractivity contribution in [2.24, 2.45) is 0 Å². The number of hydrogen-bond donors (Lipinski definition) is 4. The van der Waals surface area contributed by atoms with Crippen LogP contribution in [0.2, 0.25) is 5.02 Å². The molecule has 0 heterocycles. The monoisotopic (exact) mass is 854 g/mol. The summed E-state index contributed by atoms with van der Waals surface area (Å²) in [6.45, 7) is 3.76. The first kappa shape index (κ1) is 32.0. The number of nitrogens with one attached hydrogen (secondary N) is 2. The number of anilines is 4. The van der Waals surface area contributed by atoms with Crippen molar-refractivity contribution in [2.75, 3.05) is 10.6 Å². The number of hydrogen-bond acceptors (Lipinski definition) is 4. The first-order chi connectivity index (χ1) is 18.8. The van der Waals surface area contributed by atoms with Crippen molar-refractivity contribution in [1.29, 1.82) is 0 Å². The highest BCUT2D eigenvalue weighted by Gasteiger charge is 2.22. The van der Waals surface area contributed by atoms with E-state index in [0.717, 1.165) is 30.0 Å². The molecule has 0 saturated carbocycles. The largest absolute Gasteiger partial charge is 0.478 e. The number of carboxylic acid groups (broad SMARTS) is 2. The Morgan fingerprint density at radius 3 is 1.75 bits per heavy atom. The molecule has 0 aliphatic heterocycles. The van der Waals surface area contributed by atoms with Crippen molar-refractivity contribution in [2.45, 2.75) is 13.8 Å². The molecule has 0 aliphatic rings. The lowest BCUT2D eigenvalue weighted by molar-refractivity contribution is 0.0686. The molecular weight excluding hydrogens is 835 g/mol. The van der Waals surface area contributed by atoms with Gasteiger partial charge in [-0.15, -0.1) is 0 Å². The third-order valence-corrected chi connectivity index (χ3v) is 7.66. The predicted molar refractivity (Wildman–Crippen MR) is 174 cm³/mol. The standard InChI is InChI=1S/C14H9BrF2INO2.C14H11ClINO2/c1-6-4-7(18)2-3-10(6)19-13-8(14(20)21)5-9(15)11(16)12(13)17;1-8-6-10(16)3-5-12(8)17-13-4-2-9(15)7-11(13)14(18)19/h2-5,19H,1H3,(H,20,21);2-7,17H,1H3,(H,18,19). The SMILES string of the molecule is Cc1cc(I)ccc1Nc1c(C(=O)O)cc(Br)c(F)c1F.Cc1cc(I)ccc1Nc1ccc(Cl)cc1C(=O)O. The number of aryl methyl sites for hydroxylation is 2. The highest BCUT2D eigenvalue weighted by Crippen LogP contribution is 2.32. The highest BCUT2D eigenvalue weighted by molar-refractivity contribution is 14.1. The van der Waals surface area contributed by atoms with Crippen LogP contribution >= 0.6 is 72.7 Å². The molecule has 0 bridgehead atoms. The molecule has 208 valence electrons. The van der Waals surface area contributed by atoms with Gasteiger partial charge in [-0.05, 0) is 147 Å². The zero-order valence-corrected chi connectivity index (χ0v) is 27.4. The first-order valence-electron chi connectivity index (χ1n) is 11.3. The number of rotatable bonds is 6. The molecule has 12 heteroatoms. The van der Waals surface area contributed by atoms with Gasteiger partial charge < -0.3 is 20.8 Å². The second-order valence-corrected chi connectivity index (χ2v) is 12.2. The number of carbonyl (C=O) groups is 2. The minimum absolute atomic E-state index is 0.158. The summed E-state index contributed by atoms with van der Waals surface area (Å²) in [4.78, 5) is 22.4. The van der Waals surface area contributed by atoms with Crippen LogP contribution in [0.5, 0.6) is 0 Å². The molecule has 0 unspecified atom stereocenters. The van der Waals surface area contributed by atoms with Gasteiger partial charge in [-0.3, -0.25) is 0 Å². The summed E-state index contributed by atoms with van der Waals surface area (Å²) in [6, 6.07) is 17.0. The third-order valence-electron chi connectivity index (χ3n) is 5.51. The van der Waals surface area contributed by atoms with Gasteiger partial charge in [0.05, 0.1) is 27.0 Å². The van der Waals surface area contributed by atoms with E-state index in [1.807, 2.05) is 31.2 Å². The second-order valence-electron chi connectivity index (χ2n) is 8.38. The summed E-state index contributed by atoms with van der Waals surface area (Å²) in [5, 5.41) is 24.5. The van der Waals surface area contributed by atoms with Crippen LogP contribution in [0.1, 0.15) is 31.8 Å². The lowest BCUT2D eigenvalue weighted by atomic mass is 10.1. The van der Waals surface area contributed by atoms with Crippen LogP contribution in [-0.4, -0.2) is 22.2 Å². The Morgan fingerprint density at radius 1 is 0.750 bits per heavy atom. The predicted octanol–water partition coefficient (Wildman–Crippen LogP) is 9.78. The van der Waals surface area contributed by atoms with Crippen LogP contribution in [0.15, 0.2) is 65.1 Å². The average Bonchev–Trinajstić information content (AvgIpc) is 2.88. The van der Waals surface area contributed by atoms with Crippen LogP contribution in [0.4, 0.5) is 31.5 Å². The molecule has 6 nitrogen and oxygen atoms in total. The van der Waals surface area contributed by atoms with Gasteiger partial charge in [-0.1, -0.05) is 11.6 Å². The Bertz CT molecular complexity index is 1620. The van der Waals surface area contributed by atoms with Gasteiger partial charge in [-0.25, -0.2) is 18.4 Å². The van der Waals surface area contributed by atoms with Crippen LogP contribution in [0.25, 0.3) is 0 Å². The fraction of sp³-hybridized carbons (Fsp3) is 0.0714. The highest BCUT2D eigenvalue weighted by atomic mass is 127. The van der Waals surface area contributed by atoms with E-state index in [4.69, 9.17) is 16.7 Å². The molecule has 0 aliphatic carbocycles. The number of carboxylic acids is 2. The zero-order chi connectivity index (χ0) is 29.7. The lowest BCUT2D eigenvalue weighted by Crippen LogP contribution is -2.08. The maximum absolute atomic E-state index is 14.0. The normalized spacial score (nSPS) is 10.4. The smallest absolute Gasteiger partial charge is 0.337 e. The summed E-state index contributed by atoms with van der Waals surface area (Å²) in [5.74, 6) is -4.72. The van der Waals surface area contributed by atoms with E-state index in [1.165, 1.54) is 6.07 Å². The fourth-order valence-corrected chi connectivity index (χ4v) is 5.37. The molecule has 40 heavy (non-hydrogen) atoms. The van der Waals surface area contributed by atoms with Crippen LogP contribution in [-0.2, 0) is 0 Å². The molecule has 0 fully saturated rings. The Balaban J connectivity index is 0.000000222. The van der Waals surface area contributed by atoms with E-state index in [0.29, 0.717) is 16.4 Å². The van der Waals surface area contributed by atoms with E-state index >= 15 is 0 Å². The van der Waals surface area contributed by atoms with Gasteiger partial charge >= 0.3 is 11.9 Å². The molecular formula is C28H20BrClF2I2N2O4. The van der Waals surface area contributed by atoms with Crippen molar-refractivity contribution < 1.29 is 28.6 Å². The van der Waals surface area contributed by atoms with Crippen molar-refractivity contribution in [3.63, 3.8) is 0 Å².